The minimum absolute atomic E-state index is 0.141. The molecule has 1 aromatic carbocycles. The average molecular weight is 519 g/mol. The molecule has 6 rings (SSSR count). The van der Waals surface area contributed by atoms with E-state index in [0.29, 0.717) is 55.8 Å². The fourth-order valence-electron chi connectivity index (χ4n) is 5.29. The largest absolute Gasteiger partial charge is 0.491 e. The number of halogens is 1. The van der Waals surface area contributed by atoms with Gasteiger partial charge in [0.15, 0.2) is 0 Å². The van der Waals surface area contributed by atoms with Crippen LogP contribution in [-0.4, -0.2) is 64.2 Å². The molecule has 38 heavy (non-hydrogen) atoms. The highest BCUT2D eigenvalue weighted by molar-refractivity contribution is 5.97. The third-order valence-corrected chi connectivity index (χ3v) is 7.30. The maximum absolute atomic E-state index is 13.0. The Morgan fingerprint density at radius 1 is 1.18 bits per heavy atom. The summed E-state index contributed by atoms with van der Waals surface area (Å²) in [6.07, 6.45) is 5.84. The first-order chi connectivity index (χ1) is 18.3. The van der Waals surface area contributed by atoms with Crippen molar-refractivity contribution in [1.29, 1.82) is 0 Å². The van der Waals surface area contributed by atoms with E-state index in [1.165, 1.54) is 0 Å². The SMILES string of the molecule is C[C@@H]1CCC(=O)N1c1ccc2c(c1)OC(C)(C)c1nc(Nc3cncc(OCCN4CC(F)C4)c3)ncc1-2. The van der Waals surface area contributed by atoms with E-state index in [4.69, 9.17) is 14.5 Å². The zero-order valence-electron chi connectivity index (χ0n) is 21.8. The number of carbonyl (C=O) groups is 1. The molecule has 9 nitrogen and oxygen atoms in total. The number of rotatable bonds is 7. The van der Waals surface area contributed by atoms with Crippen molar-refractivity contribution >= 4 is 23.2 Å². The van der Waals surface area contributed by atoms with Crippen molar-refractivity contribution in [2.24, 2.45) is 0 Å². The lowest BCUT2D eigenvalue weighted by molar-refractivity contribution is -0.117. The molecule has 0 aliphatic carbocycles. The molecule has 1 amide bonds. The topological polar surface area (TPSA) is 92.7 Å². The molecular formula is C28H31FN6O3. The molecule has 0 unspecified atom stereocenters. The summed E-state index contributed by atoms with van der Waals surface area (Å²) in [5.74, 6) is 1.89. The maximum atomic E-state index is 13.0. The normalized spacial score (nSPS) is 20.4. The van der Waals surface area contributed by atoms with Crippen LogP contribution in [0.15, 0.2) is 42.9 Å². The van der Waals surface area contributed by atoms with Crippen LogP contribution in [0, 0.1) is 0 Å². The Bertz CT molecular complexity index is 1380. The molecule has 2 aromatic heterocycles. The molecule has 0 bridgehead atoms. The van der Waals surface area contributed by atoms with E-state index < -0.39 is 11.8 Å². The number of amides is 1. The molecule has 0 radical (unpaired) electrons. The molecule has 0 saturated carbocycles. The number of likely N-dealkylation sites (tertiary alicyclic amines) is 1. The summed E-state index contributed by atoms with van der Waals surface area (Å²) in [6.45, 7) is 8.10. The summed E-state index contributed by atoms with van der Waals surface area (Å²) in [7, 11) is 0. The van der Waals surface area contributed by atoms with Crippen molar-refractivity contribution in [2.45, 2.75) is 51.4 Å². The van der Waals surface area contributed by atoms with Gasteiger partial charge in [-0.05, 0) is 39.3 Å². The average Bonchev–Trinajstić information content (AvgIpc) is 3.20. The van der Waals surface area contributed by atoms with Gasteiger partial charge in [0.2, 0.25) is 11.9 Å². The van der Waals surface area contributed by atoms with Crippen LogP contribution >= 0.6 is 0 Å². The number of nitrogens with one attached hydrogen (secondary N) is 1. The number of fused-ring (bicyclic) bond motifs is 3. The van der Waals surface area contributed by atoms with E-state index in [9.17, 15) is 9.18 Å². The molecular weight excluding hydrogens is 487 g/mol. The summed E-state index contributed by atoms with van der Waals surface area (Å²) >= 11 is 0. The first kappa shape index (κ1) is 24.5. The van der Waals surface area contributed by atoms with Gasteiger partial charge in [-0.25, -0.2) is 14.4 Å². The molecule has 3 aromatic rings. The van der Waals surface area contributed by atoms with Crippen molar-refractivity contribution in [3.05, 3.63) is 48.5 Å². The van der Waals surface area contributed by atoms with E-state index in [1.54, 1.807) is 18.6 Å². The highest BCUT2D eigenvalue weighted by atomic mass is 19.1. The van der Waals surface area contributed by atoms with Gasteiger partial charge in [-0.1, -0.05) is 0 Å². The summed E-state index contributed by atoms with van der Waals surface area (Å²) in [4.78, 5) is 29.9. The van der Waals surface area contributed by atoms with Crippen LogP contribution in [0.3, 0.4) is 0 Å². The highest BCUT2D eigenvalue weighted by Gasteiger charge is 2.36. The van der Waals surface area contributed by atoms with Gasteiger partial charge in [0.25, 0.3) is 0 Å². The van der Waals surface area contributed by atoms with Gasteiger partial charge >= 0.3 is 0 Å². The number of anilines is 3. The first-order valence-corrected chi connectivity index (χ1v) is 13.0. The van der Waals surface area contributed by atoms with Crippen LogP contribution in [-0.2, 0) is 10.4 Å². The smallest absolute Gasteiger partial charge is 0.227 e. The van der Waals surface area contributed by atoms with Crippen molar-refractivity contribution in [3.63, 3.8) is 0 Å². The summed E-state index contributed by atoms with van der Waals surface area (Å²) in [5.41, 5.74) is 3.39. The fourth-order valence-corrected chi connectivity index (χ4v) is 5.29. The second kappa shape index (κ2) is 9.50. The third kappa shape index (κ3) is 4.64. The minimum atomic E-state index is -0.716. The first-order valence-electron chi connectivity index (χ1n) is 13.0. The van der Waals surface area contributed by atoms with E-state index in [-0.39, 0.29) is 11.9 Å². The lowest BCUT2D eigenvalue weighted by Crippen LogP contribution is -2.49. The quantitative estimate of drug-likeness (QED) is 0.490. The Morgan fingerprint density at radius 2 is 2.03 bits per heavy atom. The number of carbonyl (C=O) groups excluding carboxylic acids is 1. The number of alkyl halides is 1. The van der Waals surface area contributed by atoms with Gasteiger partial charge < -0.3 is 19.7 Å². The minimum Gasteiger partial charge on any atom is -0.491 e. The van der Waals surface area contributed by atoms with Crippen molar-refractivity contribution in [3.8, 4) is 22.6 Å². The number of pyridine rings is 1. The van der Waals surface area contributed by atoms with Crippen LogP contribution in [0.4, 0.5) is 21.7 Å². The molecule has 5 heterocycles. The molecule has 3 aliphatic heterocycles. The van der Waals surface area contributed by atoms with Gasteiger partial charge in [-0.2, -0.15) is 0 Å². The predicted molar refractivity (Wildman–Crippen MR) is 142 cm³/mol. The van der Waals surface area contributed by atoms with Crippen LogP contribution in [0.25, 0.3) is 11.1 Å². The highest BCUT2D eigenvalue weighted by Crippen LogP contribution is 2.46. The van der Waals surface area contributed by atoms with Crippen LogP contribution in [0.1, 0.15) is 39.3 Å². The number of benzene rings is 1. The van der Waals surface area contributed by atoms with E-state index in [0.717, 1.165) is 28.9 Å². The standard InChI is InChI=1S/C28H31FN6O3/c1-17-4-7-25(36)35(17)20-5-6-22-23-14-31-27(33-26(23)28(2,3)38-24(22)11-20)32-19-10-21(13-30-12-19)37-9-8-34-15-18(29)16-34/h5-6,10-14,17-18H,4,7-9,15-16H2,1-3H3,(H,31,32,33)/t17-/m1/s1. The zero-order valence-corrected chi connectivity index (χ0v) is 21.8. The number of aromatic nitrogens is 3. The van der Waals surface area contributed by atoms with Crippen molar-refractivity contribution in [2.75, 3.05) is 36.5 Å². The van der Waals surface area contributed by atoms with Gasteiger partial charge in [0.1, 0.15) is 29.9 Å². The number of hydrogen-bond acceptors (Lipinski definition) is 8. The Labute approximate surface area is 221 Å². The van der Waals surface area contributed by atoms with Crippen LogP contribution in [0.5, 0.6) is 11.5 Å². The monoisotopic (exact) mass is 518 g/mol. The molecule has 198 valence electrons. The van der Waals surface area contributed by atoms with Crippen molar-refractivity contribution in [1.82, 2.24) is 19.9 Å². The lowest BCUT2D eigenvalue weighted by atomic mass is 9.91. The predicted octanol–water partition coefficient (Wildman–Crippen LogP) is 4.46. The fraction of sp³-hybridized carbons (Fsp3) is 0.429. The number of hydrogen-bond donors (Lipinski definition) is 1. The number of nitrogens with zero attached hydrogens (tertiary/aromatic N) is 5. The van der Waals surface area contributed by atoms with Crippen molar-refractivity contribution < 1.29 is 18.7 Å². The molecule has 1 N–H and O–H groups in total. The summed E-state index contributed by atoms with van der Waals surface area (Å²) in [6, 6.07) is 7.89. The second-order valence-electron chi connectivity index (χ2n) is 10.6. The Hall–Kier alpha value is -3.79. The van der Waals surface area contributed by atoms with Gasteiger partial charge in [0.05, 0.1) is 23.8 Å². The van der Waals surface area contributed by atoms with E-state index >= 15 is 0 Å². The molecule has 2 fully saturated rings. The van der Waals surface area contributed by atoms with Gasteiger partial charge in [0, 0.05) is 67.2 Å². The zero-order chi connectivity index (χ0) is 26.4. The summed E-state index contributed by atoms with van der Waals surface area (Å²) in [5, 5.41) is 3.21. The number of ether oxygens (including phenoxy) is 2. The van der Waals surface area contributed by atoms with Gasteiger partial charge in [-0.15, -0.1) is 0 Å². The van der Waals surface area contributed by atoms with Crippen LogP contribution < -0.4 is 19.7 Å². The molecule has 2 saturated heterocycles. The Kier molecular flexibility index (Phi) is 6.14. The van der Waals surface area contributed by atoms with E-state index in [1.807, 2.05) is 47.9 Å². The summed E-state index contributed by atoms with van der Waals surface area (Å²) < 4.78 is 25.2. The second-order valence-corrected chi connectivity index (χ2v) is 10.6. The Balaban J connectivity index is 1.20. The molecule has 0 spiro atoms. The van der Waals surface area contributed by atoms with Gasteiger partial charge in [-0.3, -0.25) is 14.7 Å². The maximum Gasteiger partial charge on any atom is 0.227 e. The third-order valence-electron chi connectivity index (χ3n) is 7.30. The molecule has 1 atom stereocenters. The van der Waals surface area contributed by atoms with E-state index in [2.05, 4.69) is 22.2 Å². The molecule has 3 aliphatic rings. The molecule has 10 heteroatoms. The van der Waals surface area contributed by atoms with Crippen LogP contribution in [0.2, 0.25) is 0 Å². The Morgan fingerprint density at radius 3 is 2.79 bits per heavy atom. The lowest BCUT2D eigenvalue weighted by Gasteiger charge is -2.34.